The first-order valence-electron chi connectivity index (χ1n) is 15.4. The highest BCUT2D eigenvalue weighted by atomic mass is 31.3. The van der Waals surface area contributed by atoms with Crippen molar-refractivity contribution < 1.29 is 91.9 Å². The number of fused-ring (bicyclic) bond motifs is 1. The van der Waals surface area contributed by atoms with Crippen LogP contribution < -0.4 is 11.5 Å². The van der Waals surface area contributed by atoms with Crippen LogP contribution in [0.1, 0.15) is 25.5 Å². The highest BCUT2D eigenvalue weighted by molar-refractivity contribution is 7.61. The maximum atomic E-state index is 12.4. The van der Waals surface area contributed by atoms with Crippen LogP contribution in [-0.4, -0.2) is 150 Å². The van der Waals surface area contributed by atoms with Gasteiger partial charge in [0.15, 0.2) is 30.0 Å². The van der Waals surface area contributed by atoms with Gasteiger partial charge in [0, 0.05) is 24.4 Å². The molecule has 28 heteroatoms. The predicted octanol–water partition coefficient (Wildman–Crippen LogP) is -3.39. The van der Waals surface area contributed by atoms with Crippen molar-refractivity contribution in [2.75, 3.05) is 18.9 Å². The van der Waals surface area contributed by atoms with Crippen LogP contribution in [0, 0.1) is 0 Å². The van der Waals surface area contributed by atoms with E-state index >= 15 is 0 Å². The first kappa shape index (κ1) is 42.8. The second-order valence-corrected chi connectivity index (χ2v) is 14.7. The molecule has 0 spiro atoms. The number of phosphoric acid groups is 2. The van der Waals surface area contributed by atoms with E-state index in [-0.39, 0.29) is 41.8 Å². The van der Waals surface area contributed by atoms with Crippen molar-refractivity contribution in [2.24, 2.45) is 5.73 Å². The van der Waals surface area contributed by atoms with E-state index in [0.29, 0.717) is 0 Å². The molecule has 300 valence electrons. The van der Waals surface area contributed by atoms with Gasteiger partial charge in [-0.15, -0.1) is 0 Å². The largest absolute Gasteiger partial charge is 0.481 e. The molecule has 3 aliphatic rings. The highest BCUT2D eigenvalue weighted by Crippen LogP contribution is 2.60. The van der Waals surface area contributed by atoms with Crippen LogP contribution in [0.2, 0.25) is 0 Å². The summed E-state index contributed by atoms with van der Waals surface area (Å²) in [5.74, 6) is -3.16. The van der Waals surface area contributed by atoms with Crippen LogP contribution in [0.15, 0.2) is 36.7 Å². The Morgan fingerprint density at radius 3 is 2.06 bits per heavy atom. The Hall–Kier alpha value is -3.98. The summed E-state index contributed by atoms with van der Waals surface area (Å²) < 4.78 is 50.8. The van der Waals surface area contributed by atoms with Crippen molar-refractivity contribution in [3.63, 3.8) is 0 Å². The predicted molar refractivity (Wildman–Crippen MR) is 172 cm³/mol. The number of phosphoric ester groups is 2. The first-order chi connectivity index (χ1) is 25.2. The molecule has 1 amide bonds. The van der Waals surface area contributed by atoms with E-state index in [1.165, 1.54) is 28.2 Å². The number of carbonyl (C=O) groups excluding carboxylic acids is 1. The number of ether oxygens (including phenoxy) is 2. The molecule has 2 aromatic heterocycles. The molecule has 0 aliphatic carbocycles. The van der Waals surface area contributed by atoms with Gasteiger partial charge in [-0.1, -0.05) is 6.08 Å². The Morgan fingerprint density at radius 2 is 1.50 bits per heavy atom. The number of rotatable bonds is 15. The minimum Gasteiger partial charge on any atom is -0.481 e. The molecule has 5 heterocycles. The van der Waals surface area contributed by atoms with E-state index in [0.717, 1.165) is 6.33 Å². The lowest BCUT2D eigenvalue weighted by atomic mass is 10.1. The number of allylic oxidation sites excluding steroid dienone is 1. The summed E-state index contributed by atoms with van der Waals surface area (Å²) in [6.07, 6.45) is -7.01. The van der Waals surface area contributed by atoms with Gasteiger partial charge in [0.1, 0.15) is 48.5 Å². The number of hydrogen-bond donors (Lipinski definition) is 11. The molecule has 2 aromatic rings. The molecule has 26 nitrogen and oxygen atoms in total. The average molecular weight is 814 g/mol. The fourth-order valence-corrected chi connectivity index (χ4v) is 7.15. The number of carbonyl (C=O) groups is 3. The number of aromatic nitrogens is 4. The van der Waals surface area contributed by atoms with Gasteiger partial charge >= 0.3 is 27.6 Å². The summed E-state index contributed by atoms with van der Waals surface area (Å²) in [7, 11) is -10.7. The lowest BCUT2D eigenvalue weighted by Gasteiger charge is -2.28. The van der Waals surface area contributed by atoms with Gasteiger partial charge in [-0.3, -0.25) is 23.2 Å². The molecule has 5 rings (SSSR count). The van der Waals surface area contributed by atoms with Gasteiger partial charge in [0.25, 0.3) is 0 Å². The quantitative estimate of drug-likeness (QED) is 0.0781. The molecule has 3 unspecified atom stereocenters. The average Bonchev–Trinajstić information content (AvgIpc) is 3.75. The zero-order valence-electron chi connectivity index (χ0n) is 27.5. The van der Waals surface area contributed by atoms with Gasteiger partial charge in [-0.2, -0.15) is 4.31 Å². The van der Waals surface area contributed by atoms with E-state index in [4.69, 9.17) is 45.3 Å². The standard InChI is InChI=1S/C21H29N7O14P2.C5H8O5/c22-17-12-19(25-7-24-17)28(8-26-12)21-16(32)14(30)11(41-21)6-39-44(36,37)42-43(34,35)38-5-10-13(29)15(31)20(40-10)27-3-1-2-9(4-27)18(23)33;6-3(5(9)10)1-2-4(7)8/h1,3-4,7-8,10-11,13-16,20-21,29-32H,2,5-6H2,(H2,23,33)(H,34,35)(H,36,37)(H2,22,24,25);3,6H,1-2H2,(H,7,8)(H,9,10)/t10-,11-,13-,14-,15-,16-,20-,21-;/m1./s1. The Labute approximate surface area is 302 Å². The van der Waals surface area contributed by atoms with E-state index in [1.807, 2.05) is 0 Å². The number of nitrogens with zero attached hydrogens (tertiary/aromatic N) is 5. The van der Waals surface area contributed by atoms with Crippen molar-refractivity contribution in [1.82, 2.24) is 24.4 Å². The lowest BCUT2D eigenvalue weighted by Crippen LogP contribution is -2.40. The van der Waals surface area contributed by atoms with Crippen molar-refractivity contribution in [3.05, 3.63) is 36.7 Å². The van der Waals surface area contributed by atoms with Crippen molar-refractivity contribution >= 4 is 50.5 Å². The second-order valence-electron chi connectivity index (χ2n) is 11.6. The molecule has 3 aliphatic heterocycles. The topological polar surface area (TPSA) is 412 Å². The van der Waals surface area contributed by atoms with E-state index in [1.54, 1.807) is 6.08 Å². The third-order valence-corrected chi connectivity index (χ3v) is 10.4. The Kier molecular flexibility index (Phi) is 14.0. The number of hydrogen-bond acceptors (Lipinski definition) is 20. The van der Waals surface area contributed by atoms with Gasteiger partial charge in [0.05, 0.1) is 19.5 Å². The summed E-state index contributed by atoms with van der Waals surface area (Å²) in [6, 6.07) is 0. The maximum Gasteiger partial charge on any atom is 0.481 e. The Balaban J connectivity index is 0.000000571. The van der Waals surface area contributed by atoms with Gasteiger partial charge in [-0.25, -0.2) is 28.9 Å². The third kappa shape index (κ3) is 10.6. The van der Waals surface area contributed by atoms with Crippen LogP contribution in [0.5, 0.6) is 0 Å². The number of aliphatic hydroxyl groups excluding tert-OH is 5. The molecule has 0 bridgehead atoms. The maximum absolute atomic E-state index is 12.4. The lowest BCUT2D eigenvalue weighted by molar-refractivity contribution is -0.147. The molecule has 0 aromatic carbocycles. The smallest absolute Gasteiger partial charge is 0.481 e. The molecule has 11 atom stereocenters. The number of imidazole rings is 1. The molecular weight excluding hydrogens is 776 g/mol. The summed E-state index contributed by atoms with van der Waals surface area (Å²) in [5.41, 5.74) is 11.6. The Morgan fingerprint density at radius 1 is 0.926 bits per heavy atom. The minimum absolute atomic E-state index is 0.0517. The molecule has 54 heavy (non-hydrogen) atoms. The fraction of sp³-hybridized carbons (Fsp3) is 0.538. The van der Waals surface area contributed by atoms with Gasteiger partial charge in [0.2, 0.25) is 5.91 Å². The fourth-order valence-electron chi connectivity index (χ4n) is 5.06. The number of carboxylic acids is 2. The van der Waals surface area contributed by atoms with Crippen LogP contribution in [0.4, 0.5) is 5.82 Å². The zero-order chi connectivity index (χ0) is 40.1. The number of nitrogen functional groups attached to an aromatic ring is 1. The van der Waals surface area contributed by atoms with E-state index < -0.39 is 102 Å². The summed E-state index contributed by atoms with van der Waals surface area (Å²) in [6.45, 7) is -1.79. The Bertz CT molecular complexity index is 1850. The highest BCUT2D eigenvalue weighted by Gasteiger charge is 2.48. The minimum atomic E-state index is -5.37. The second kappa shape index (κ2) is 17.7. The van der Waals surface area contributed by atoms with Gasteiger partial charge in [-0.05, 0) is 12.8 Å². The summed E-state index contributed by atoms with van der Waals surface area (Å²) >= 11 is 0. The molecular formula is C26H37N7O19P2. The number of anilines is 1. The van der Waals surface area contributed by atoms with Crippen molar-refractivity contribution in [1.29, 1.82) is 0 Å². The number of amides is 1. The zero-order valence-corrected chi connectivity index (χ0v) is 29.3. The molecule has 2 fully saturated rings. The van der Waals surface area contributed by atoms with Gasteiger partial charge < -0.3 is 71.4 Å². The molecule has 0 radical (unpaired) electrons. The number of aliphatic hydroxyl groups is 5. The number of aliphatic carboxylic acids is 2. The molecule has 0 saturated carbocycles. The summed E-state index contributed by atoms with van der Waals surface area (Å²) in [4.78, 5) is 64.3. The monoisotopic (exact) mass is 813 g/mol. The SMILES string of the molecule is NC(=O)C1=CN([C@@H]2O[C@H](COP(=O)(O)OP(=O)(O)OC[C@H]3O[C@@H](n4cnc5c(N)ncnc54)[C@H](O)[C@@H]3O)[C@@H](O)[C@H]2O)C=CC1.O=C(O)CCC(O)C(=O)O. The first-order valence-corrected chi connectivity index (χ1v) is 18.4. The van der Waals surface area contributed by atoms with Crippen LogP contribution in [-0.2, 0) is 46.3 Å². The normalized spacial score (nSPS) is 29.5. The molecule has 13 N–H and O–H groups in total. The number of carboxylic acid groups (broad SMARTS) is 2. The number of primary amides is 1. The molecule has 2 saturated heterocycles. The third-order valence-electron chi connectivity index (χ3n) is 7.79. The number of nitrogens with two attached hydrogens (primary N) is 2. The van der Waals surface area contributed by atoms with E-state index in [9.17, 15) is 53.7 Å². The van der Waals surface area contributed by atoms with Crippen molar-refractivity contribution in [2.45, 2.75) is 74.4 Å². The van der Waals surface area contributed by atoms with Crippen LogP contribution >= 0.6 is 15.6 Å². The van der Waals surface area contributed by atoms with Crippen LogP contribution in [0.3, 0.4) is 0 Å². The summed E-state index contributed by atoms with van der Waals surface area (Å²) in [5, 5.41) is 66.2. The van der Waals surface area contributed by atoms with Crippen LogP contribution in [0.25, 0.3) is 11.2 Å². The van der Waals surface area contributed by atoms with Crippen molar-refractivity contribution in [3.8, 4) is 0 Å². The van der Waals surface area contributed by atoms with E-state index in [2.05, 4.69) is 19.3 Å².